The van der Waals surface area contributed by atoms with E-state index in [1.807, 2.05) is 5.32 Å². The molecule has 0 bridgehead atoms. The van der Waals surface area contributed by atoms with Gasteiger partial charge in [0, 0.05) is 23.5 Å². The molecule has 11 N–H and O–H groups in total. The number of aliphatic hydroxyl groups excluding tert-OH is 1. The number of benzene rings is 1. The Labute approximate surface area is 209 Å². The molecule has 4 amide bonds. The van der Waals surface area contributed by atoms with Crippen molar-refractivity contribution in [2.24, 2.45) is 11.5 Å². The molecule has 0 fully saturated rings. The van der Waals surface area contributed by atoms with Crippen LogP contribution in [0.1, 0.15) is 18.4 Å². The van der Waals surface area contributed by atoms with Crippen LogP contribution in [0.2, 0.25) is 0 Å². The van der Waals surface area contributed by atoms with Crippen molar-refractivity contribution in [3.05, 3.63) is 36.0 Å². The first-order valence-electron chi connectivity index (χ1n) is 11.0. The molecule has 0 unspecified atom stereocenters. The second-order valence-corrected chi connectivity index (χ2v) is 8.14. The van der Waals surface area contributed by atoms with E-state index in [9.17, 15) is 33.9 Å². The van der Waals surface area contributed by atoms with Gasteiger partial charge < -0.3 is 47.7 Å². The van der Waals surface area contributed by atoms with E-state index in [4.69, 9.17) is 21.7 Å². The largest absolute Gasteiger partial charge is 0.481 e. The Balaban J connectivity index is 2.31. The van der Waals surface area contributed by atoms with Gasteiger partial charge in [0.2, 0.25) is 23.6 Å². The zero-order valence-electron chi connectivity index (χ0n) is 19.5. The molecule has 4 atom stereocenters. The van der Waals surface area contributed by atoms with Crippen LogP contribution < -0.4 is 27.4 Å². The molecular weight excluding hydrogens is 492 g/mol. The number of nitrogens with one attached hydrogen (secondary N) is 4. The number of aliphatic hydroxyl groups is 1. The van der Waals surface area contributed by atoms with Crippen molar-refractivity contribution in [2.75, 3.05) is 6.61 Å². The summed E-state index contributed by atoms with van der Waals surface area (Å²) in [6.45, 7) is -0.980. The standard InChI is InChI=1S/C22H28N6O9/c23-12(6-17(24)30)19(33)26-14(5-10-8-25-13-4-2-1-3-11(10)13)20(34)27-15(7-18(31)32)21(35)28-16(9-29)22(36)37/h1-4,8,12,14-16,25,29H,5-7,9,23H2,(H2,24,30)(H,26,33)(H,27,34)(H,28,35)(H,31,32)(H,36,37)/t12-,14-,15-,16-/m0/s1. The van der Waals surface area contributed by atoms with E-state index in [1.165, 1.54) is 0 Å². The number of carbonyl (C=O) groups excluding carboxylic acids is 4. The number of carboxylic acids is 2. The second-order valence-electron chi connectivity index (χ2n) is 8.14. The van der Waals surface area contributed by atoms with Crippen molar-refractivity contribution in [3.63, 3.8) is 0 Å². The molecular formula is C22H28N6O9. The zero-order valence-corrected chi connectivity index (χ0v) is 19.5. The molecule has 0 saturated carbocycles. The number of hydrogen-bond donors (Lipinski definition) is 9. The van der Waals surface area contributed by atoms with Crippen LogP contribution in [0.4, 0.5) is 0 Å². The first kappa shape index (κ1) is 28.7. The number of amides is 4. The van der Waals surface area contributed by atoms with Crippen molar-refractivity contribution in [1.29, 1.82) is 0 Å². The fourth-order valence-electron chi connectivity index (χ4n) is 3.43. The van der Waals surface area contributed by atoms with Crippen molar-refractivity contribution in [1.82, 2.24) is 20.9 Å². The number of primary amides is 1. The number of carboxylic acid groups (broad SMARTS) is 2. The van der Waals surface area contributed by atoms with Crippen LogP contribution >= 0.6 is 0 Å². The minimum Gasteiger partial charge on any atom is -0.481 e. The van der Waals surface area contributed by atoms with Crippen LogP contribution in [-0.4, -0.2) is 86.6 Å². The minimum absolute atomic E-state index is 0.124. The van der Waals surface area contributed by atoms with Gasteiger partial charge in [0.25, 0.3) is 0 Å². The summed E-state index contributed by atoms with van der Waals surface area (Å²) in [6, 6.07) is 0.819. The van der Waals surface area contributed by atoms with E-state index < -0.39 is 79.2 Å². The Morgan fingerprint density at radius 3 is 2.05 bits per heavy atom. The number of carbonyl (C=O) groups is 6. The Morgan fingerprint density at radius 2 is 1.46 bits per heavy atom. The summed E-state index contributed by atoms with van der Waals surface area (Å²) in [4.78, 5) is 74.8. The van der Waals surface area contributed by atoms with Gasteiger partial charge in [0.05, 0.1) is 25.5 Å². The van der Waals surface area contributed by atoms with E-state index in [2.05, 4.69) is 15.6 Å². The Morgan fingerprint density at radius 1 is 0.865 bits per heavy atom. The lowest BCUT2D eigenvalue weighted by Crippen LogP contribution is -2.58. The third kappa shape index (κ3) is 8.29. The number of H-pyrrole nitrogens is 1. The number of aromatic nitrogens is 1. The second kappa shape index (κ2) is 13.0. The number of hydrogen-bond acceptors (Lipinski definition) is 8. The van der Waals surface area contributed by atoms with Crippen LogP contribution in [-0.2, 0) is 35.2 Å². The van der Waals surface area contributed by atoms with Crippen molar-refractivity contribution in [3.8, 4) is 0 Å². The van der Waals surface area contributed by atoms with Gasteiger partial charge in [-0.25, -0.2) is 4.79 Å². The smallest absolute Gasteiger partial charge is 0.328 e. The maximum atomic E-state index is 13.2. The number of aliphatic carboxylic acids is 2. The van der Waals surface area contributed by atoms with Crippen molar-refractivity contribution in [2.45, 2.75) is 43.4 Å². The van der Waals surface area contributed by atoms with E-state index >= 15 is 0 Å². The number of rotatable bonds is 14. The third-order valence-corrected chi connectivity index (χ3v) is 5.30. The molecule has 1 aromatic carbocycles. The molecule has 37 heavy (non-hydrogen) atoms. The molecule has 1 heterocycles. The van der Waals surface area contributed by atoms with Crippen molar-refractivity contribution < 1.29 is 44.1 Å². The molecule has 0 aliphatic heterocycles. The average molecular weight is 520 g/mol. The predicted octanol–water partition coefficient (Wildman–Crippen LogP) is -3.08. The molecule has 2 rings (SSSR count). The van der Waals surface area contributed by atoms with Crippen LogP contribution in [0.15, 0.2) is 30.5 Å². The lowest BCUT2D eigenvalue weighted by molar-refractivity contribution is -0.144. The summed E-state index contributed by atoms with van der Waals surface area (Å²) in [5, 5.41) is 34.6. The van der Waals surface area contributed by atoms with Gasteiger partial charge in [0.1, 0.15) is 18.1 Å². The summed E-state index contributed by atoms with van der Waals surface area (Å²) in [7, 11) is 0. The van der Waals surface area contributed by atoms with Crippen LogP contribution in [0.25, 0.3) is 10.9 Å². The third-order valence-electron chi connectivity index (χ3n) is 5.30. The predicted molar refractivity (Wildman–Crippen MR) is 127 cm³/mol. The number of nitrogens with two attached hydrogens (primary N) is 2. The molecule has 0 spiro atoms. The highest BCUT2D eigenvalue weighted by molar-refractivity contribution is 5.96. The van der Waals surface area contributed by atoms with E-state index in [0.717, 1.165) is 10.9 Å². The average Bonchev–Trinajstić information content (AvgIpc) is 3.23. The molecule has 0 aliphatic rings. The molecule has 0 radical (unpaired) electrons. The molecule has 15 heteroatoms. The normalized spacial score (nSPS) is 14.1. The molecule has 1 aromatic heterocycles. The summed E-state index contributed by atoms with van der Waals surface area (Å²) in [6.07, 6.45) is 0.0422. The Hall–Kier alpha value is -4.50. The van der Waals surface area contributed by atoms with E-state index in [-0.39, 0.29) is 6.42 Å². The minimum atomic E-state index is -1.75. The Bertz CT molecular complexity index is 1180. The molecule has 2 aromatic rings. The fourth-order valence-corrected chi connectivity index (χ4v) is 3.43. The van der Waals surface area contributed by atoms with Crippen LogP contribution in [0.3, 0.4) is 0 Å². The van der Waals surface area contributed by atoms with E-state index in [0.29, 0.717) is 5.56 Å². The van der Waals surface area contributed by atoms with Gasteiger partial charge in [-0.15, -0.1) is 0 Å². The quantitative estimate of drug-likeness (QED) is 0.121. The number of para-hydroxylation sites is 1. The van der Waals surface area contributed by atoms with Crippen LogP contribution in [0.5, 0.6) is 0 Å². The fraction of sp³-hybridized carbons (Fsp3) is 0.364. The van der Waals surface area contributed by atoms with Gasteiger partial charge >= 0.3 is 11.9 Å². The van der Waals surface area contributed by atoms with Gasteiger partial charge in [-0.1, -0.05) is 18.2 Å². The monoisotopic (exact) mass is 520 g/mol. The summed E-state index contributed by atoms with van der Waals surface area (Å²) < 4.78 is 0. The maximum Gasteiger partial charge on any atom is 0.328 e. The topological polar surface area (TPSA) is 267 Å². The SMILES string of the molecule is NC(=O)C[C@H](N)C(=O)N[C@@H](Cc1c[nH]c2ccccc12)C(=O)N[C@@H](CC(=O)O)C(=O)N[C@@H](CO)C(=O)O. The van der Waals surface area contributed by atoms with Gasteiger partial charge in [-0.05, 0) is 11.6 Å². The highest BCUT2D eigenvalue weighted by atomic mass is 16.4. The number of aromatic amines is 1. The van der Waals surface area contributed by atoms with Crippen LogP contribution in [0, 0.1) is 0 Å². The molecule has 0 saturated heterocycles. The maximum absolute atomic E-state index is 13.2. The van der Waals surface area contributed by atoms with E-state index in [1.54, 1.807) is 30.5 Å². The van der Waals surface area contributed by atoms with Gasteiger partial charge in [-0.2, -0.15) is 0 Å². The molecule has 15 nitrogen and oxygen atoms in total. The molecule has 200 valence electrons. The summed E-state index contributed by atoms with van der Waals surface area (Å²) in [5.74, 6) is -6.98. The summed E-state index contributed by atoms with van der Waals surface area (Å²) in [5.41, 5.74) is 12.1. The summed E-state index contributed by atoms with van der Waals surface area (Å²) >= 11 is 0. The van der Waals surface area contributed by atoms with Gasteiger partial charge in [-0.3, -0.25) is 24.0 Å². The van der Waals surface area contributed by atoms with Crippen molar-refractivity contribution >= 4 is 46.5 Å². The first-order chi connectivity index (χ1) is 17.4. The highest BCUT2D eigenvalue weighted by Crippen LogP contribution is 2.19. The Kier molecular flexibility index (Phi) is 10.1. The van der Waals surface area contributed by atoms with Gasteiger partial charge in [0.15, 0.2) is 0 Å². The lowest BCUT2D eigenvalue weighted by Gasteiger charge is -2.24. The molecule has 0 aliphatic carbocycles. The number of fused-ring (bicyclic) bond motifs is 1. The lowest BCUT2D eigenvalue weighted by atomic mass is 10.0. The highest BCUT2D eigenvalue weighted by Gasteiger charge is 2.32. The zero-order chi connectivity index (χ0) is 27.7. The first-order valence-corrected chi connectivity index (χ1v) is 11.0.